The number of carbonyl (C=O) groups excluding carboxylic acids is 2. The summed E-state index contributed by atoms with van der Waals surface area (Å²) in [5.41, 5.74) is 0.374. The number of hydrogen-bond acceptors (Lipinski definition) is 4. The Bertz CT molecular complexity index is 437. The normalized spacial score (nSPS) is 34.3. The summed E-state index contributed by atoms with van der Waals surface area (Å²) in [5, 5.41) is 0. The highest BCUT2D eigenvalue weighted by Crippen LogP contribution is 2.60. The number of carbonyl (C=O) groups is 2. The summed E-state index contributed by atoms with van der Waals surface area (Å²) in [4.78, 5) is 23.7. The molecule has 4 heteroatoms. The van der Waals surface area contributed by atoms with E-state index >= 15 is 0 Å². The van der Waals surface area contributed by atoms with Crippen LogP contribution in [0.3, 0.4) is 0 Å². The van der Waals surface area contributed by atoms with E-state index in [0.717, 1.165) is 18.4 Å². The fourth-order valence-electron chi connectivity index (χ4n) is 3.57. The number of ether oxygens (including phenoxy) is 2. The van der Waals surface area contributed by atoms with Crippen LogP contribution in [-0.4, -0.2) is 25.7 Å². The summed E-state index contributed by atoms with van der Waals surface area (Å²) in [5.74, 6) is -0.262. The minimum Gasteiger partial charge on any atom is -0.468 e. The standard InChI is InChI=1S/C15H20O4/c1-4-15(14(17)18-3)9-10-6-7-12(15)11(10)8-13(16)19-5-2/h4,8,10,12H,1,5-7,9H2,2-3H3/t10-,12-,15+/m1/s1. The van der Waals surface area contributed by atoms with E-state index in [4.69, 9.17) is 9.47 Å². The third-order valence-electron chi connectivity index (χ3n) is 4.38. The molecule has 0 aromatic carbocycles. The molecule has 2 saturated carbocycles. The van der Waals surface area contributed by atoms with Crippen LogP contribution in [-0.2, 0) is 19.1 Å². The Morgan fingerprint density at radius 3 is 2.79 bits per heavy atom. The molecule has 2 fully saturated rings. The molecule has 0 unspecified atom stereocenters. The van der Waals surface area contributed by atoms with Crippen LogP contribution in [0.5, 0.6) is 0 Å². The van der Waals surface area contributed by atoms with Crippen LogP contribution in [0, 0.1) is 17.3 Å². The summed E-state index contributed by atoms with van der Waals surface area (Å²) in [7, 11) is 1.40. The van der Waals surface area contributed by atoms with Crippen molar-refractivity contribution in [3.05, 3.63) is 24.3 Å². The van der Waals surface area contributed by atoms with Gasteiger partial charge in [-0.25, -0.2) is 4.79 Å². The average molecular weight is 264 g/mol. The first-order valence-corrected chi connectivity index (χ1v) is 6.69. The van der Waals surface area contributed by atoms with Gasteiger partial charge in [-0.1, -0.05) is 11.6 Å². The lowest BCUT2D eigenvalue weighted by Gasteiger charge is -2.31. The minimum absolute atomic E-state index is 0.0341. The largest absolute Gasteiger partial charge is 0.468 e. The van der Waals surface area contributed by atoms with Crippen LogP contribution in [0.4, 0.5) is 0 Å². The zero-order valence-electron chi connectivity index (χ0n) is 11.5. The van der Waals surface area contributed by atoms with Crippen molar-refractivity contribution in [1.82, 2.24) is 0 Å². The molecule has 4 nitrogen and oxygen atoms in total. The van der Waals surface area contributed by atoms with Crippen molar-refractivity contribution in [3.63, 3.8) is 0 Å². The summed E-state index contributed by atoms with van der Waals surface area (Å²) < 4.78 is 9.89. The van der Waals surface area contributed by atoms with Gasteiger partial charge < -0.3 is 9.47 Å². The number of fused-ring (bicyclic) bond motifs is 2. The van der Waals surface area contributed by atoms with Gasteiger partial charge in [-0.2, -0.15) is 0 Å². The van der Waals surface area contributed by atoms with E-state index in [0.29, 0.717) is 13.0 Å². The minimum atomic E-state index is -0.657. The number of rotatable bonds is 4. The third kappa shape index (κ3) is 2.09. The fraction of sp³-hybridized carbons (Fsp3) is 0.600. The molecule has 0 saturated heterocycles. The van der Waals surface area contributed by atoms with Gasteiger partial charge in [0.15, 0.2) is 0 Å². The molecule has 0 aliphatic heterocycles. The highest BCUT2D eigenvalue weighted by atomic mass is 16.5. The maximum Gasteiger partial charge on any atom is 0.330 e. The van der Waals surface area contributed by atoms with Crippen molar-refractivity contribution in [2.45, 2.75) is 26.2 Å². The predicted molar refractivity (Wildman–Crippen MR) is 70.2 cm³/mol. The second kappa shape index (κ2) is 5.19. The van der Waals surface area contributed by atoms with E-state index in [2.05, 4.69) is 6.58 Å². The van der Waals surface area contributed by atoms with E-state index in [9.17, 15) is 9.59 Å². The monoisotopic (exact) mass is 264 g/mol. The molecule has 2 aliphatic carbocycles. The lowest BCUT2D eigenvalue weighted by molar-refractivity contribution is -0.152. The van der Waals surface area contributed by atoms with Crippen molar-refractivity contribution in [2.24, 2.45) is 17.3 Å². The van der Waals surface area contributed by atoms with Crippen molar-refractivity contribution in [2.75, 3.05) is 13.7 Å². The maximum atomic E-state index is 12.1. The van der Waals surface area contributed by atoms with Crippen LogP contribution >= 0.6 is 0 Å². The zero-order chi connectivity index (χ0) is 14.0. The lowest BCUT2D eigenvalue weighted by Crippen LogP contribution is -2.35. The summed E-state index contributed by atoms with van der Waals surface area (Å²) in [6.45, 7) is 5.95. The molecular formula is C15H20O4. The maximum absolute atomic E-state index is 12.1. The lowest BCUT2D eigenvalue weighted by atomic mass is 9.73. The number of methoxy groups -OCH3 is 1. The molecule has 0 amide bonds. The number of allylic oxidation sites excluding steroid dienone is 1. The van der Waals surface area contributed by atoms with Gasteiger partial charge in [0.1, 0.15) is 0 Å². The van der Waals surface area contributed by atoms with Crippen molar-refractivity contribution >= 4 is 11.9 Å². The molecule has 104 valence electrons. The Morgan fingerprint density at radius 2 is 2.21 bits per heavy atom. The molecule has 2 rings (SSSR count). The van der Waals surface area contributed by atoms with Gasteiger partial charge in [0.2, 0.25) is 0 Å². The summed E-state index contributed by atoms with van der Waals surface area (Å²) in [6.07, 6.45) is 5.88. The summed E-state index contributed by atoms with van der Waals surface area (Å²) in [6, 6.07) is 0. The fourth-order valence-corrected chi connectivity index (χ4v) is 3.57. The molecule has 0 N–H and O–H groups in total. The van der Waals surface area contributed by atoms with Crippen LogP contribution in [0.1, 0.15) is 26.2 Å². The van der Waals surface area contributed by atoms with Crippen molar-refractivity contribution in [1.29, 1.82) is 0 Å². The molecule has 0 aromatic rings. The van der Waals surface area contributed by atoms with Gasteiger partial charge in [0, 0.05) is 12.0 Å². The highest BCUT2D eigenvalue weighted by Gasteiger charge is 2.57. The van der Waals surface area contributed by atoms with Gasteiger partial charge in [0.05, 0.1) is 19.1 Å². The molecular weight excluding hydrogens is 244 g/mol. The quantitative estimate of drug-likeness (QED) is 0.444. The Hall–Kier alpha value is -1.58. The Kier molecular flexibility index (Phi) is 3.78. The molecule has 19 heavy (non-hydrogen) atoms. The van der Waals surface area contributed by atoms with Crippen LogP contribution in [0.2, 0.25) is 0 Å². The highest BCUT2D eigenvalue weighted by molar-refractivity contribution is 5.86. The van der Waals surface area contributed by atoms with Crippen molar-refractivity contribution < 1.29 is 19.1 Å². The van der Waals surface area contributed by atoms with E-state index < -0.39 is 5.41 Å². The second-order valence-electron chi connectivity index (χ2n) is 5.16. The second-order valence-corrected chi connectivity index (χ2v) is 5.16. The van der Waals surface area contributed by atoms with Gasteiger partial charge >= 0.3 is 11.9 Å². The van der Waals surface area contributed by atoms with E-state index in [-0.39, 0.29) is 23.8 Å². The van der Waals surface area contributed by atoms with E-state index in [1.54, 1.807) is 19.1 Å². The molecule has 3 atom stereocenters. The predicted octanol–water partition coefficient (Wildman–Crippen LogP) is 2.25. The number of esters is 2. The first-order valence-electron chi connectivity index (χ1n) is 6.69. The van der Waals surface area contributed by atoms with Crippen LogP contribution < -0.4 is 0 Å². The zero-order valence-corrected chi connectivity index (χ0v) is 11.5. The van der Waals surface area contributed by atoms with Crippen LogP contribution in [0.25, 0.3) is 0 Å². The molecule has 2 bridgehead atoms. The van der Waals surface area contributed by atoms with Crippen molar-refractivity contribution in [3.8, 4) is 0 Å². The van der Waals surface area contributed by atoms with E-state index in [1.165, 1.54) is 7.11 Å². The third-order valence-corrected chi connectivity index (χ3v) is 4.38. The van der Waals surface area contributed by atoms with E-state index in [1.807, 2.05) is 0 Å². The molecule has 2 aliphatic rings. The van der Waals surface area contributed by atoms with Crippen LogP contribution in [0.15, 0.2) is 24.3 Å². The summed E-state index contributed by atoms with van der Waals surface area (Å²) >= 11 is 0. The number of hydrogen-bond donors (Lipinski definition) is 0. The Balaban J connectivity index is 2.30. The first kappa shape index (κ1) is 13.8. The molecule has 0 aromatic heterocycles. The van der Waals surface area contributed by atoms with Gasteiger partial charge in [-0.15, -0.1) is 6.58 Å². The first-order chi connectivity index (χ1) is 9.08. The van der Waals surface area contributed by atoms with Gasteiger partial charge in [-0.3, -0.25) is 4.79 Å². The SMILES string of the molecule is C=C[C@]1(C(=O)OC)C[C@H]2CC[C@@H]1C2=CC(=O)OCC. The molecule has 0 spiro atoms. The Labute approximate surface area is 113 Å². The Morgan fingerprint density at radius 1 is 1.47 bits per heavy atom. The van der Waals surface area contributed by atoms with Gasteiger partial charge in [-0.05, 0) is 32.1 Å². The van der Waals surface area contributed by atoms with Gasteiger partial charge in [0.25, 0.3) is 0 Å². The topological polar surface area (TPSA) is 52.6 Å². The molecule has 0 radical (unpaired) electrons. The smallest absolute Gasteiger partial charge is 0.330 e. The average Bonchev–Trinajstić information content (AvgIpc) is 2.93. The molecule has 0 heterocycles.